The molecule has 1 heteroatoms. The van der Waals surface area contributed by atoms with Gasteiger partial charge in [-0.1, -0.05) is 49.4 Å². The van der Waals surface area contributed by atoms with Crippen LogP contribution < -0.4 is 0 Å². The molecule has 2 aromatic carbocycles. The normalized spacial score (nSPS) is 11.2. The van der Waals surface area contributed by atoms with Gasteiger partial charge in [0.2, 0.25) is 0 Å². The van der Waals surface area contributed by atoms with Gasteiger partial charge in [0.15, 0.2) is 0 Å². The summed E-state index contributed by atoms with van der Waals surface area (Å²) in [6.45, 7) is 4.30. The van der Waals surface area contributed by atoms with E-state index < -0.39 is 0 Å². The van der Waals surface area contributed by atoms with Crippen LogP contribution in [0.3, 0.4) is 0 Å². The van der Waals surface area contributed by atoms with Crippen LogP contribution in [0.4, 0.5) is 0 Å². The van der Waals surface area contributed by atoms with Crippen molar-refractivity contribution >= 4 is 10.9 Å². The van der Waals surface area contributed by atoms with Crippen molar-refractivity contribution in [3.8, 4) is 0 Å². The molecule has 0 unspecified atom stereocenters. The Hall–Kier alpha value is -2.02. The Balaban J connectivity index is 2.01. The highest BCUT2D eigenvalue weighted by Crippen LogP contribution is 2.24. The Kier molecular flexibility index (Phi) is 3.35. The molecule has 0 amide bonds. The number of hydrogen-bond acceptors (Lipinski definition) is 0. The summed E-state index contributed by atoms with van der Waals surface area (Å²) in [4.78, 5) is 0. The Labute approximate surface area is 120 Å². The second-order valence-corrected chi connectivity index (χ2v) is 5.43. The van der Waals surface area contributed by atoms with E-state index in [1.54, 1.807) is 0 Å². The Morgan fingerprint density at radius 1 is 1.00 bits per heavy atom. The van der Waals surface area contributed by atoms with Crippen LogP contribution in [0.2, 0.25) is 0 Å². The number of para-hydroxylation sites is 1. The predicted molar refractivity (Wildman–Crippen MR) is 85.1 cm³/mol. The zero-order valence-corrected chi connectivity index (χ0v) is 12.4. The fourth-order valence-corrected chi connectivity index (χ4v) is 2.79. The molecule has 0 atom stereocenters. The first-order valence-corrected chi connectivity index (χ1v) is 7.23. The number of hydrogen-bond donors (Lipinski definition) is 0. The maximum absolute atomic E-state index is 3.43. The summed E-state index contributed by atoms with van der Waals surface area (Å²) in [5.41, 5.74) is 6.64. The standard InChI is InChI=1S/C19H20N/c1-4-15-8-10-16(11-9-15)13-18-7-5-6-17-12-14(2)20(3)19(17)18/h5-11H,4,13H2,1-3H3. The number of rotatable bonds is 3. The van der Waals surface area contributed by atoms with E-state index in [9.17, 15) is 0 Å². The van der Waals surface area contributed by atoms with Crippen LogP contribution in [0.5, 0.6) is 0 Å². The lowest BCUT2D eigenvalue weighted by atomic mass is 10.0. The number of nitrogens with zero attached hydrogens (tertiary/aromatic N) is 1. The molecular weight excluding hydrogens is 242 g/mol. The number of aryl methyl sites for hydroxylation is 3. The minimum absolute atomic E-state index is 0.979. The second-order valence-electron chi connectivity index (χ2n) is 5.43. The van der Waals surface area contributed by atoms with Crippen LogP contribution in [0.15, 0.2) is 42.5 Å². The van der Waals surface area contributed by atoms with Crippen LogP contribution >= 0.6 is 0 Å². The van der Waals surface area contributed by atoms with Crippen molar-refractivity contribution in [1.82, 2.24) is 4.57 Å². The van der Waals surface area contributed by atoms with Crippen molar-refractivity contribution in [2.24, 2.45) is 7.05 Å². The van der Waals surface area contributed by atoms with Gasteiger partial charge in [-0.25, -0.2) is 0 Å². The van der Waals surface area contributed by atoms with Gasteiger partial charge in [0.25, 0.3) is 0 Å². The fraction of sp³-hybridized carbons (Fsp3) is 0.263. The zero-order chi connectivity index (χ0) is 14.1. The van der Waals surface area contributed by atoms with E-state index >= 15 is 0 Å². The van der Waals surface area contributed by atoms with E-state index in [1.165, 1.54) is 33.3 Å². The Bertz CT molecular complexity index is 732. The summed E-state index contributed by atoms with van der Waals surface area (Å²) >= 11 is 0. The average Bonchev–Trinajstić information content (AvgIpc) is 2.76. The van der Waals surface area contributed by atoms with Gasteiger partial charge in [0.05, 0.1) is 5.52 Å². The van der Waals surface area contributed by atoms with Crippen LogP contribution in [0.25, 0.3) is 10.9 Å². The van der Waals surface area contributed by atoms with Crippen molar-refractivity contribution in [3.63, 3.8) is 0 Å². The minimum Gasteiger partial charge on any atom is -0.347 e. The van der Waals surface area contributed by atoms with Gasteiger partial charge in [-0.05, 0) is 36.5 Å². The molecule has 1 heterocycles. The van der Waals surface area contributed by atoms with Gasteiger partial charge in [0.1, 0.15) is 0 Å². The SMILES string of the molecule is CCc1ccc(Cc2cccc3[c]c(C)n(C)c23)cc1. The maximum Gasteiger partial charge on any atom is 0.0522 e. The van der Waals surface area contributed by atoms with Crippen LogP contribution in [-0.2, 0) is 19.9 Å². The van der Waals surface area contributed by atoms with Crippen LogP contribution in [0.1, 0.15) is 29.3 Å². The van der Waals surface area contributed by atoms with E-state index in [-0.39, 0.29) is 0 Å². The van der Waals surface area contributed by atoms with E-state index in [1.807, 2.05) is 0 Å². The minimum atomic E-state index is 0.979. The third-order valence-electron chi connectivity index (χ3n) is 4.10. The number of fused-ring (bicyclic) bond motifs is 1. The summed E-state index contributed by atoms with van der Waals surface area (Å²) in [6, 6.07) is 18.9. The molecule has 3 rings (SSSR count). The van der Waals surface area contributed by atoms with Gasteiger partial charge in [-0.15, -0.1) is 0 Å². The molecule has 1 nitrogen and oxygen atoms in total. The summed E-state index contributed by atoms with van der Waals surface area (Å²) < 4.78 is 2.24. The van der Waals surface area contributed by atoms with Gasteiger partial charge < -0.3 is 4.57 Å². The van der Waals surface area contributed by atoms with E-state index in [4.69, 9.17) is 0 Å². The first-order valence-electron chi connectivity index (χ1n) is 7.23. The van der Waals surface area contributed by atoms with Crippen molar-refractivity contribution in [2.45, 2.75) is 26.7 Å². The lowest BCUT2D eigenvalue weighted by Crippen LogP contribution is -1.96. The molecule has 20 heavy (non-hydrogen) atoms. The van der Waals surface area contributed by atoms with Gasteiger partial charge in [0, 0.05) is 24.2 Å². The highest BCUT2D eigenvalue weighted by atomic mass is 14.9. The van der Waals surface area contributed by atoms with Crippen molar-refractivity contribution in [2.75, 3.05) is 0 Å². The molecule has 0 saturated heterocycles. The van der Waals surface area contributed by atoms with E-state index in [0.717, 1.165) is 12.8 Å². The number of benzene rings is 2. The lowest BCUT2D eigenvalue weighted by molar-refractivity contribution is 0.909. The van der Waals surface area contributed by atoms with Gasteiger partial charge in [-0.2, -0.15) is 0 Å². The highest BCUT2D eigenvalue weighted by Gasteiger charge is 2.08. The summed E-state index contributed by atoms with van der Waals surface area (Å²) in [5, 5.41) is 1.22. The highest BCUT2D eigenvalue weighted by molar-refractivity contribution is 5.84. The molecule has 0 fully saturated rings. The smallest absolute Gasteiger partial charge is 0.0522 e. The van der Waals surface area contributed by atoms with Crippen molar-refractivity contribution < 1.29 is 0 Å². The van der Waals surface area contributed by atoms with Crippen molar-refractivity contribution in [1.29, 1.82) is 0 Å². The molecule has 0 aliphatic rings. The van der Waals surface area contributed by atoms with Crippen molar-refractivity contribution in [3.05, 3.63) is 70.9 Å². The molecule has 1 radical (unpaired) electrons. The topological polar surface area (TPSA) is 4.93 Å². The zero-order valence-electron chi connectivity index (χ0n) is 12.4. The largest absolute Gasteiger partial charge is 0.347 e. The summed E-state index contributed by atoms with van der Waals surface area (Å²) in [5.74, 6) is 0. The lowest BCUT2D eigenvalue weighted by Gasteiger charge is -2.08. The quantitative estimate of drug-likeness (QED) is 0.657. The van der Waals surface area contributed by atoms with Gasteiger partial charge >= 0.3 is 0 Å². The molecule has 0 bridgehead atoms. The molecule has 1 aromatic heterocycles. The Morgan fingerprint density at radius 2 is 1.70 bits per heavy atom. The Morgan fingerprint density at radius 3 is 2.40 bits per heavy atom. The first-order chi connectivity index (χ1) is 9.69. The van der Waals surface area contributed by atoms with E-state index in [2.05, 4.69) is 74.0 Å². The summed E-state index contributed by atoms with van der Waals surface area (Å²) in [6.07, 6.45) is 2.08. The molecule has 0 aliphatic heterocycles. The van der Waals surface area contributed by atoms with E-state index in [0.29, 0.717) is 0 Å². The fourth-order valence-electron chi connectivity index (χ4n) is 2.79. The second kappa shape index (κ2) is 5.16. The third kappa shape index (κ3) is 2.24. The molecular formula is C19H20N. The monoisotopic (exact) mass is 262 g/mol. The average molecular weight is 262 g/mol. The molecule has 0 aliphatic carbocycles. The third-order valence-corrected chi connectivity index (χ3v) is 4.10. The molecule has 0 spiro atoms. The van der Waals surface area contributed by atoms with Gasteiger partial charge in [-0.3, -0.25) is 0 Å². The maximum atomic E-state index is 3.43. The summed E-state index contributed by atoms with van der Waals surface area (Å²) in [7, 11) is 2.12. The number of aromatic nitrogens is 1. The predicted octanol–water partition coefficient (Wildman–Crippen LogP) is 4.44. The molecule has 0 N–H and O–H groups in total. The van der Waals surface area contributed by atoms with Crippen LogP contribution in [0, 0.1) is 13.0 Å². The molecule has 0 saturated carbocycles. The van der Waals surface area contributed by atoms with Crippen LogP contribution in [-0.4, -0.2) is 4.57 Å². The molecule has 101 valence electrons. The first kappa shape index (κ1) is 13.0. The molecule has 3 aromatic rings.